The number of hydrogen-bond acceptors (Lipinski definition) is 6. The molecule has 1 aliphatic rings. The third-order valence-electron chi connectivity index (χ3n) is 5.81. The summed E-state index contributed by atoms with van der Waals surface area (Å²) in [7, 11) is 0. The van der Waals surface area contributed by atoms with Crippen molar-refractivity contribution in [1.82, 2.24) is 15.5 Å². The Balaban J connectivity index is 2.05. The number of hydrogen-bond donors (Lipinski definition) is 5. The molecule has 0 spiro atoms. The van der Waals surface area contributed by atoms with Crippen LogP contribution in [-0.2, 0) is 25.6 Å². The number of aliphatic carboxylic acids is 2. The van der Waals surface area contributed by atoms with Crippen LogP contribution in [0.3, 0.4) is 0 Å². The molecule has 0 aliphatic carbocycles. The van der Waals surface area contributed by atoms with Crippen molar-refractivity contribution in [2.45, 2.75) is 63.1 Å². The van der Waals surface area contributed by atoms with Gasteiger partial charge in [0, 0.05) is 13.1 Å². The number of nitrogens with zero attached hydrogens (tertiary/aromatic N) is 1. The maximum Gasteiger partial charge on any atom is 0.326 e. The highest BCUT2D eigenvalue weighted by Gasteiger charge is 2.38. The Morgan fingerprint density at radius 1 is 1.06 bits per heavy atom. The monoisotopic (exact) mass is 462 g/mol. The first-order valence-electron chi connectivity index (χ1n) is 11.4. The van der Waals surface area contributed by atoms with Crippen LogP contribution in [0, 0.1) is 0 Å². The Morgan fingerprint density at radius 2 is 1.79 bits per heavy atom. The highest BCUT2D eigenvalue weighted by molar-refractivity contribution is 5.88. The smallest absolute Gasteiger partial charge is 0.326 e. The van der Waals surface area contributed by atoms with Crippen LogP contribution < -0.4 is 16.4 Å². The largest absolute Gasteiger partial charge is 0.480 e. The van der Waals surface area contributed by atoms with E-state index in [1.54, 1.807) is 0 Å². The van der Waals surface area contributed by atoms with Crippen LogP contribution in [0.25, 0.3) is 0 Å². The van der Waals surface area contributed by atoms with Crippen molar-refractivity contribution < 1.29 is 29.4 Å². The number of benzene rings is 1. The predicted molar refractivity (Wildman–Crippen MR) is 121 cm³/mol. The molecule has 6 N–H and O–H groups in total. The number of likely N-dealkylation sites (tertiary alicyclic amines) is 1. The first kappa shape index (κ1) is 26.3. The molecule has 1 unspecified atom stereocenters. The van der Waals surface area contributed by atoms with Crippen LogP contribution in [0.2, 0.25) is 0 Å². The van der Waals surface area contributed by atoms with Crippen molar-refractivity contribution in [3.8, 4) is 0 Å². The molecule has 2 amide bonds. The van der Waals surface area contributed by atoms with Gasteiger partial charge in [-0.05, 0) is 50.5 Å². The van der Waals surface area contributed by atoms with Gasteiger partial charge in [0.05, 0.1) is 12.6 Å². The number of aryl methyl sites for hydroxylation is 1. The van der Waals surface area contributed by atoms with Gasteiger partial charge in [-0.1, -0.05) is 30.3 Å². The van der Waals surface area contributed by atoms with E-state index in [2.05, 4.69) is 10.6 Å². The van der Waals surface area contributed by atoms with Gasteiger partial charge < -0.3 is 26.2 Å². The summed E-state index contributed by atoms with van der Waals surface area (Å²) in [5.74, 6) is -2.77. The normalized spacial score (nSPS) is 17.4. The minimum atomic E-state index is -1.06. The number of carbonyl (C=O) groups excluding carboxylic acids is 2. The molecule has 1 fully saturated rings. The Labute approximate surface area is 193 Å². The molecule has 1 aromatic rings. The number of rotatable bonds is 14. The Bertz CT molecular complexity index is 803. The molecule has 10 nitrogen and oxygen atoms in total. The lowest BCUT2D eigenvalue weighted by molar-refractivity contribution is -0.149. The lowest BCUT2D eigenvalue weighted by Gasteiger charge is -2.29. The quantitative estimate of drug-likeness (QED) is 0.247. The van der Waals surface area contributed by atoms with Gasteiger partial charge in [0.25, 0.3) is 0 Å². The Hall–Kier alpha value is -2.98. The van der Waals surface area contributed by atoms with Crippen LogP contribution in [0.15, 0.2) is 30.3 Å². The average molecular weight is 463 g/mol. The lowest BCUT2D eigenvalue weighted by atomic mass is 10.0. The van der Waals surface area contributed by atoms with Gasteiger partial charge >= 0.3 is 11.9 Å². The van der Waals surface area contributed by atoms with E-state index in [9.17, 15) is 29.4 Å². The third kappa shape index (κ3) is 8.47. The molecule has 33 heavy (non-hydrogen) atoms. The minimum Gasteiger partial charge on any atom is -0.480 e. The fourth-order valence-corrected chi connectivity index (χ4v) is 4.02. The summed E-state index contributed by atoms with van der Waals surface area (Å²) < 4.78 is 0. The van der Waals surface area contributed by atoms with Crippen molar-refractivity contribution in [3.05, 3.63) is 35.9 Å². The molecule has 10 heteroatoms. The number of carbonyl (C=O) groups is 4. The van der Waals surface area contributed by atoms with E-state index < -0.39 is 36.0 Å². The van der Waals surface area contributed by atoms with Crippen LogP contribution in [0.4, 0.5) is 0 Å². The second-order valence-corrected chi connectivity index (χ2v) is 8.21. The van der Waals surface area contributed by atoms with Crippen LogP contribution in [-0.4, -0.2) is 76.6 Å². The summed E-state index contributed by atoms with van der Waals surface area (Å²) in [6.07, 6.45) is 3.25. The Kier molecular flexibility index (Phi) is 10.8. The second kappa shape index (κ2) is 13.5. The topological polar surface area (TPSA) is 162 Å². The number of nitrogens with two attached hydrogens (primary N) is 1. The standard InChI is InChI=1S/C23H34N4O6/c24-15-20(28)25-13-5-4-9-17(21(29)27-14-6-10-19(27)23(32)33)26-18(22(30)31)12-11-16-7-2-1-3-8-16/h1-3,7-8,17-19,26H,4-6,9-15,24H2,(H,25,28)(H,30,31)(H,32,33)/t17-,18?,19-/m0/s1. The predicted octanol–water partition coefficient (Wildman–Crippen LogP) is 0.351. The highest BCUT2D eigenvalue weighted by atomic mass is 16.4. The number of carboxylic acids is 2. The van der Waals surface area contributed by atoms with Crippen molar-refractivity contribution in [3.63, 3.8) is 0 Å². The number of nitrogens with one attached hydrogen (secondary N) is 2. The minimum absolute atomic E-state index is 0.101. The zero-order valence-electron chi connectivity index (χ0n) is 18.7. The molecule has 2 rings (SSSR count). The van der Waals surface area contributed by atoms with Gasteiger partial charge in [0.15, 0.2) is 0 Å². The maximum atomic E-state index is 13.2. The van der Waals surface area contributed by atoms with Crippen molar-refractivity contribution in [2.24, 2.45) is 5.73 Å². The van der Waals surface area contributed by atoms with Crippen LogP contribution >= 0.6 is 0 Å². The fourth-order valence-electron chi connectivity index (χ4n) is 4.02. The summed E-state index contributed by atoms with van der Waals surface area (Å²) in [4.78, 5) is 49.3. The van der Waals surface area contributed by atoms with E-state index in [0.717, 1.165) is 5.56 Å². The van der Waals surface area contributed by atoms with E-state index in [-0.39, 0.29) is 18.9 Å². The molecule has 1 saturated heterocycles. The summed E-state index contributed by atoms with van der Waals surface area (Å²) >= 11 is 0. The number of amides is 2. The molecular formula is C23H34N4O6. The van der Waals surface area contributed by atoms with Crippen LogP contribution in [0.5, 0.6) is 0 Å². The molecule has 1 aliphatic heterocycles. The van der Waals surface area contributed by atoms with Gasteiger partial charge in [0.2, 0.25) is 11.8 Å². The average Bonchev–Trinajstić information content (AvgIpc) is 3.30. The second-order valence-electron chi connectivity index (χ2n) is 8.21. The molecule has 0 radical (unpaired) electrons. The van der Waals surface area contributed by atoms with E-state index in [4.69, 9.17) is 5.73 Å². The van der Waals surface area contributed by atoms with E-state index >= 15 is 0 Å². The molecule has 1 heterocycles. The van der Waals surface area contributed by atoms with Gasteiger partial charge in [-0.25, -0.2) is 4.79 Å². The van der Waals surface area contributed by atoms with Gasteiger partial charge in [-0.15, -0.1) is 0 Å². The fraction of sp³-hybridized carbons (Fsp3) is 0.565. The summed E-state index contributed by atoms with van der Waals surface area (Å²) in [5, 5.41) is 24.8. The van der Waals surface area contributed by atoms with E-state index in [0.29, 0.717) is 51.6 Å². The van der Waals surface area contributed by atoms with Crippen molar-refractivity contribution >= 4 is 23.8 Å². The lowest BCUT2D eigenvalue weighted by Crippen LogP contribution is -2.54. The van der Waals surface area contributed by atoms with Crippen molar-refractivity contribution in [1.29, 1.82) is 0 Å². The molecule has 3 atom stereocenters. The molecule has 0 aromatic heterocycles. The Morgan fingerprint density at radius 3 is 2.42 bits per heavy atom. The third-order valence-corrected chi connectivity index (χ3v) is 5.81. The zero-order chi connectivity index (χ0) is 24.2. The highest BCUT2D eigenvalue weighted by Crippen LogP contribution is 2.20. The SMILES string of the molecule is NCC(=O)NCCCC[C@H](NC(CCc1ccccc1)C(=O)O)C(=O)N1CCC[C@H]1C(=O)O. The zero-order valence-corrected chi connectivity index (χ0v) is 18.7. The maximum absolute atomic E-state index is 13.2. The van der Waals surface area contributed by atoms with Crippen molar-refractivity contribution in [2.75, 3.05) is 19.6 Å². The summed E-state index contributed by atoms with van der Waals surface area (Å²) in [5.41, 5.74) is 6.25. The van der Waals surface area contributed by atoms with Crippen LogP contribution in [0.1, 0.15) is 44.1 Å². The molecule has 0 bridgehead atoms. The summed E-state index contributed by atoms with van der Waals surface area (Å²) in [6.45, 7) is 0.632. The van der Waals surface area contributed by atoms with Gasteiger partial charge in [-0.3, -0.25) is 19.7 Å². The number of carboxylic acid groups (broad SMARTS) is 2. The first-order chi connectivity index (χ1) is 15.8. The van der Waals surface area contributed by atoms with E-state index in [1.807, 2.05) is 30.3 Å². The molecular weight excluding hydrogens is 428 g/mol. The molecule has 182 valence electrons. The molecule has 1 aromatic carbocycles. The van der Waals surface area contributed by atoms with Gasteiger partial charge in [0.1, 0.15) is 12.1 Å². The van der Waals surface area contributed by atoms with Gasteiger partial charge in [-0.2, -0.15) is 0 Å². The van der Waals surface area contributed by atoms with E-state index in [1.165, 1.54) is 4.90 Å². The number of unbranched alkanes of at least 4 members (excludes halogenated alkanes) is 1. The summed E-state index contributed by atoms with van der Waals surface area (Å²) in [6, 6.07) is 6.81. The first-order valence-corrected chi connectivity index (χ1v) is 11.4. The molecule has 0 saturated carbocycles.